The smallest absolute Gasteiger partial charge is 0.364 e. The Morgan fingerprint density at radius 3 is 2.53 bits per heavy atom. The van der Waals surface area contributed by atoms with Crippen molar-refractivity contribution < 1.29 is 14.0 Å². The Hall–Kier alpha value is -0.753. The van der Waals surface area contributed by atoms with E-state index < -0.39 is 8.56 Å². The van der Waals surface area contributed by atoms with E-state index >= 15 is 0 Å². The number of aliphatic hydroxyl groups is 1. The van der Waals surface area contributed by atoms with Crippen LogP contribution >= 0.6 is 0 Å². The summed E-state index contributed by atoms with van der Waals surface area (Å²) in [6.07, 6.45) is 2.51. The number of hydrogen-bond donors (Lipinski definition) is 1. The van der Waals surface area contributed by atoms with Crippen molar-refractivity contribution in [2.24, 2.45) is 0 Å². The van der Waals surface area contributed by atoms with Crippen LogP contribution < -0.4 is 0 Å². The number of rotatable bonds is 6. The molecule has 0 unspecified atom stereocenters. The molecule has 0 radical (unpaired) electrons. The maximum absolute atomic E-state index is 9.25. The minimum atomic E-state index is -2.38. The van der Waals surface area contributed by atoms with Gasteiger partial charge in [0.15, 0.2) is 0 Å². The second-order valence-electron chi connectivity index (χ2n) is 3.30. The van der Waals surface area contributed by atoms with Gasteiger partial charge in [-0.3, -0.25) is 4.98 Å². The second-order valence-corrected chi connectivity index (χ2v) is 6.75. The summed E-state index contributed by atoms with van der Waals surface area (Å²) in [6, 6.07) is 6.51. The summed E-state index contributed by atoms with van der Waals surface area (Å²) in [7, 11) is 0.791. The summed E-state index contributed by atoms with van der Waals surface area (Å²) in [5, 5.41) is 9.25. The van der Waals surface area contributed by atoms with Gasteiger partial charge in [0, 0.05) is 26.1 Å². The van der Waals surface area contributed by atoms with Gasteiger partial charge in [-0.25, -0.2) is 0 Å². The molecule has 5 heteroatoms. The number of aliphatic hydroxyl groups excluding tert-OH is 1. The van der Waals surface area contributed by atoms with E-state index in [1.54, 1.807) is 20.4 Å². The molecule has 0 spiro atoms. The second kappa shape index (κ2) is 5.97. The van der Waals surface area contributed by atoms with E-state index in [-0.39, 0.29) is 6.23 Å². The van der Waals surface area contributed by atoms with Crippen LogP contribution in [0.4, 0.5) is 0 Å². The Bertz CT molecular complexity index is 269. The number of aromatic nitrogens is 1. The number of hydrogen-bond acceptors (Lipinski definition) is 4. The van der Waals surface area contributed by atoms with Crippen molar-refractivity contribution in [2.45, 2.75) is 12.5 Å². The molecule has 0 aliphatic rings. The minimum Gasteiger partial charge on any atom is -0.396 e. The third-order valence-electron chi connectivity index (χ3n) is 2.47. The summed E-state index contributed by atoms with van der Waals surface area (Å²) in [5.74, 6) is 0. The van der Waals surface area contributed by atoms with Crippen molar-refractivity contribution in [3.05, 3.63) is 30.1 Å². The van der Waals surface area contributed by atoms with E-state index in [1.165, 1.54) is 0 Å². The van der Waals surface area contributed by atoms with E-state index in [4.69, 9.17) is 8.85 Å². The Balaban J connectivity index is 2.54. The van der Waals surface area contributed by atoms with Crippen LogP contribution in [-0.4, -0.2) is 39.1 Å². The topological polar surface area (TPSA) is 51.6 Å². The summed E-state index contributed by atoms with van der Waals surface area (Å²) >= 11 is 0. The first kappa shape index (κ1) is 12.3. The maximum atomic E-state index is 9.25. The first-order valence-corrected chi connectivity index (χ1v) is 7.10. The number of nitrogens with zero attached hydrogens (tertiary/aromatic N) is 1. The summed E-state index contributed by atoms with van der Waals surface area (Å²) < 4.78 is 10.6. The molecular formula is C10H17NO3Si. The van der Waals surface area contributed by atoms with Gasteiger partial charge in [-0.15, -0.1) is 0 Å². The average Bonchev–Trinajstić information content (AvgIpc) is 2.33. The fourth-order valence-electron chi connectivity index (χ4n) is 1.36. The lowest BCUT2D eigenvalue weighted by molar-refractivity contribution is 0.196. The molecule has 1 N–H and O–H groups in total. The van der Waals surface area contributed by atoms with Crippen LogP contribution in [0.5, 0.6) is 0 Å². The summed E-state index contributed by atoms with van der Waals surface area (Å²) in [4.78, 5) is 4.21. The van der Waals surface area contributed by atoms with Gasteiger partial charge in [-0.1, -0.05) is 6.07 Å². The molecule has 1 aromatic rings. The van der Waals surface area contributed by atoms with Crippen molar-refractivity contribution in [1.82, 2.24) is 4.98 Å². The highest BCUT2D eigenvalue weighted by Crippen LogP contribution is 2.14. The molecule has 0 fully saturated rings. The molecule has 0 aromatic carbocycles. The Kier molecular flexibility index (Phi) is 4.90. The molecular weight excluding hydrogens is 210 g/mol. The summed E-state index contributed by atoms with van der Waals surface area (Å²) in [6.45, 7) is 0. The van der Waals surface area contributed by atoms with Crippen LogP contribution in [0.2, 0.25) is 6.04 Å². The van der Waals surface area contributed by atoms with Gasteiger partial charge in [0.25, 0.3) is 0 Å². The van der Waals surface area contributed by atoms with Gasteiger partial charge in [0.05, 0.1) is 6.23 Å². The van der Waals surface area contributed by atoms with Crippen LogP contribution in [0.15, 0.2) is 24.4 Å². The standard InChI is InChI=1S/C10H17NO3Si/c1-13-15(9-12,14-2)8-6-10-5-3-4-7-11-10/h3-5,7,12H,6,8-9H2,1-2H3. The van der Waals surface area contributed by atoms with Gasteiger partial charge in [0.1, 0.15) is 0 Å². The largest absolute Gasteiger partial charge is 0.396 e. The molecule has 0 saturated carbocycles. The zero-order valence-electron chi connectivity index (χ0n) is 9.14. The molecule has 84 valence electrons. The third kappa shape index (κ3) is 3.39. The monoisotopic (exact) mass is 227 g/mol. The highest BCUT2D eigenvalue weighted by molar-refractivity contribution is 6.67. The van der Waals surface area contributed by atoms with Crippen molar-refractivity contribution in [3.8, 4) is 0 Å². The van der Waals surface area contributed by atoms with Gasteiger partial charge in [-0.2, -0.15) is 0 Å². The van der Waals surface area contributed by atoms with E-state index in [9.17, 15) is 5.11 Å². The fourth-order valence-corrected chi connectivity index (χ4v) is 2.99. The van der Waals surface area contributed by atoms with Crippen LogP contribution in [0.25, 0.3) is 0 Å². The predicted molar refractivity (Wildman–Crippen MR) is 59.6 cm³/mol. The molecule has 1 aromatic heterocycles. The quantitative estimate of drug-likeness (QED) is 0.733. The Labute approximate surface area is 91.1 Å². The molecule has 1 rings (SSSR count). The van der Waals surface area contributed by atoms with Crippen molar-refractivity contribution in [2.75, 3.05) is 20.4 Å². The van der Waals surface area contributed by atoms with Crippen molar-refractivity contribution in [3.63, 3.8) is 0 Å². The average molecular weight is 227 g/mol. The molecule has 0 atom stereocenters. The predicted octanol–water partition coefficient (Wildman–Crippen LogP) is 0.891. The molecule has 0 aliphatic carbocycles. The van der Waals surface area contributed by atoms with Gasteiger partial charge in [0.2, 0.25) is 0 Å². The van der Waals surface area contributed by atoms with Gasteiger partial charge >= 0.3 is 8.56 Å². The number of pyridine rings is 1. The Morgan fingerprint density at radius 2 is 2.07 bits per heavy atom. The highest BCUT2D eigenvalue weighted by atomic mass is 28.4. The zero-order chi connectivity index (χ0) is 11.1. The molecule has 0 amide bonds. The maximum Gasteiger partial charge on any atom is 0.364 e. The van der Waals surface area contributed by atoms with Gasteiger partial charge < -0.3 is 14.0 Å². The van der Waals surface area contributed by atoms with E-state index in [1.807, 2.05) is 18.2 Å². The summed E-state index contributed by atoms with van der Waals surface area (Å²) in [5.41, 5.74) is 0.997. The van der Waals surface area contributed by atoms with E-state index in [2.05, 4.69) is 4.98 Å². The van der Waals surface area contributed by atoms with E-state index in [0.717, 1.165) is 12.1 Å². The lowest BCUT2D eigenvalue weighted by Crippen LogP contribution is -2.45. The van der Waals surface area contributed by atoms with Crippen LogP contribution in [0.1, 0.15) is 5.69 Å². The normalized spacial score (nSPS) is 11.7. The molecule has 15 heavy (non-hydrogen) atoms. The van der Waals surface area contributed by atoms with Crippen molar-refractivity contribution >= 4 is 8.56 Å². The fraction of sp³-hybridized carbons (Fsp3) is 0.500. The van der Waals surface area contributed by atoms with Crippen LogP contribution in [-0.2, 0) is 15.3 Å². The zero-order valence-corrected chi connectivity index (χ0v) is 10.1. The molecule has 1 heterocycles. The molecule has 0 saturated heterocycles. The highest BCUT2D eigenvalue weighted by Gasteiger charge is 2.34. The SMILES string of the molecule is CO[Si](CO)(CCc1ccccn1)OC. The van der Waals surface area contributed by atoms with Gasteiger partial charge in [-0.05, 0) is 24.6 Å². The lowest BCUT2D eigenvalue weighted by Gasteiger charge is -2.24. The Morgan fingerprint density at radius 1 is 1.33 bits per heavy atom. The van der Waals surface area contributed by atoms with E-state index in [0.29, 0.717) is 6.04 Å². The molecule has 4 nitrogen and oxygen atoms in total. The first-order chi connectivity index (χ1) is 7.26. The minimum absolute atomic E-state index is 0.0210. The number of aryl methyl sites for hydroxylation is 1. The van der Waals surface area contributed by atoms with Crippen molar-refractivity contribution in [1.29, 1.82) is 0 Å². The first-order valence-electron chi connectivity index (χ1n) is 4.87. The lowest BCUT2D eigenvalue weighted by atomic mass is 10.3. The van der Waals surface area contributed by atoms with Crippen LogP contribution in [0, 0.1) is 0 Å². The third-order valence-corrected chi connectivity index (χ3v) is 5.45. The van der Waals surface area contributed by atoms with Crippen LogP contribution in [0.3, 0.4) is 0 Å². The molecule has 0 aliphatic heterocycles. The molecule has 0 bridgehead atoms.